The van der Waals surface area contributed by atoms with E-state index < -0.39 is 0 Å². The van der Waals surface area contributed by atoms with Gasteiger partial charge in [0.05, 0.1) is 0 Å². The molecule has 0 radical (unpaired) electrons. The Hall–Kier alpha value is -3.15. The van der Waals surface area contributed by atoms with Gasteiger partial charge in [0.1, 0.15) is 0 Å². The Bertz CT molecular complexity index is 857. The molecule has 6 heteroatoms. The topological polar surface area (TPSA) is 80.0 Å². The number of aromatic nitrogens is 2. The molecule has 0 aliphatic rings. The molecule has 2 N–H and O–H groups in total. The maximum Gasteiger partial charge on any atom is 0.323 e. The Labute approximate surface area is 139 Å². The van der Waals surface area contributed by atoms with Crippen molar-refractivity contribution in [3.05, 3.63) is 60.0 Å². The lowest BCUT2D eigenvalue weighted by molar-refractivity contribution is 0.262. The number of carbonyl (C=O) groups excluding carboxylic acids is 1. The van der Waals surface area contributed by atoms with Crippen LogP contribution >= 0.6 is 0 Å². The van der Waals surface area contributed by atoms with Crippen molar-refractivity contribution in [2.45, 2.75) is 20.3 Å². The quantitative estimate of drug-likeness (QED) is 0.752. The summed E-state index contributed by atoms with van der Waals surface area (Å²) in [5.74, 6) is 0.991. The van der Waals surface area contributed by atoms with E-state index in [1.54, 1.807) is 13.0 Å². The second-order valence-electron chi connectivity index (χ2n) is 5.31. The molecule has 122 valence electrons. The van der Waals surface area contributed by atoms with Crippen LogP contribution in [0.25, 0.3) is 11.4 Å². The van der Waals surface area contributed by atoms with Crippen molar-refractivity contribution in [2.24, 2.45) is 0 Å². The molecule has 3 rings (SSSR count). The van der Waals surface area contributed by atoms with E-state index >= 15 is 0 Å². The molecule has 0 spiro atoms. The third kappa shape index (κ3) is 3.60. The third-order valence-electron chi connectivity index (χ3n) is 3.55. The molecule has 3 aromatic rings. The van der Waals surface area contributed by atoms with E-state index in [1.165, 1.54) is 0 Å². The average molecular weight is 322 g/mol. The molecular formula is C18H18N4O2. The van der Waals surface area contributed by atoms with Crippen LogP contribution in [0.5, 0.6) is 0 Å². The molecule has 6 nitrogen and oxygen atoms in total. The van der Waals surface area contributed by atoms with Gasteiger partial charge in [-0.05, 0) is 30.2 Å². The van der Waals surface area contributed by atoms with E-state index in [0.29, 0.717) is 17.4 Å². The van der Waals surface area contributed by atoms with Crippen molar-refractivity contribution in [3.8, 4) is 11.4 Å². The van der Waals surface area contributed by atoms with Crippen LogP contribution in [0.15, 0.2) is 53.1 Å². The van der Waals surface area contributed by atoms with Crippen LogP contribution in [0.4, 0.5) is 16.2 Å². The van der Waals surface area contributed by atoms with E-state index in [2.05, 4.69) is 27.7 Å². The van der Waals surface area contributed by atoms with E-state index in [-0.39, 0.29) is 6.03 Å². The normalized spacial score (nSPS) is 10.4. The van der Waals surface area contributed by atoms with Crippen molar-refractivity contribution >= 4 is 17.4 Å². The first-order chi connectivity index (χ1) is 11.7. The molecule has 0 fully saturated rings. The van der Waals surface area contributed by atoms with Gasteiger partial charge in [-0.2, -0.15) is 4.98 Å². The van der Waals surface area contributed by atoms with Crippen LogP contribution in [0.1, 0.15) is 18.4 Å². The zero-order valence-corrected chi connectivity index (χ0v) is 13.5. The average Bonchev–Trinajstić information content (AvgIpc) is 3.02. The minimum atomic E-state index is -0.294. The predicted octanol–water partition coefficient (Wildman–Crippen LogP) is 4.25. The summed E-state index contributed by atoms with van der Waals surface area (Å²) in [6.07, 6.45) is 0.850. The van der Waals surface area contributed by atoms with Crippen molar-refractivity contribution in [1.82, 2.24) is 10.1 Å². The lowest BCUT2D eigenvalue weighted by Crippen LogP contribution is -2.20. The van der Waals surface area contributed by atoms with Gasteiger partial charge in [-0.3, -0.25) is 0 Å². The van der Waals surface area contributed by atoms with E-state index in [4.69, 9.17) is 4.52 Å². The monoisotopic (exact) mass is 322 g/mol. The van der Waals surface area contributed by atoms with Crippen molar-refractivity contribution < 1.29 is 9.32 Å². The van der Waals surface area contributed by atoms with E-state index in [9.17, 15) is 4.79 Å². The number of carbonyl (C=O) groups is 1. The molecule has 0 aliphatic heterocycles. The Morgan fingerprint density at radius 2 is 1.96 bits per heavy atom. The summed E-state index contributed by atoms with van der Waals surface area (Å²) in [5.41, 5.74) is 3.33. The maximum atomic E-state index is 12.2. The maximum absolute atomic E-state index is 12.2. The molecule has 2 amide bonds. The van der Waals surface area contributed by atoms with Crippen molar-refractivity contribution in [2.75, 3.05) is 10.6 Å². The highest BCUT2D eigenvalue weighted by atomic mass is 16.5. The fourth-order valence-electron chi connectivity index (χ4n) is 2.39. The van der Waals surface area contributed by atoms with Gasteiger partial charge in [0, 0.05) is 23.9 Å². The first-order valence-corrected chi connectivity index (χ1v) is 7.72. The number of para-hydroxylation sites is 1. The first kappa shape index (κ1) is 15.7. The number of rotatable bonds is 4. The van der Waals surface area contributed by atoms with Crippen LogP contribution in [0.2, 0.25) is 0 Å². The Balaban J connectivity index is 1.73. The summed E-state index contributed by atoms with van der Waals surface area (Å²) < 4.78 is 4.98. The molecule has 24 heavy (non-hydrogen) atoms. The van der Waals surface area contributed by atoms with Crippen molar-refractivity contribution in [3.63, 3.8) is 0 Å². The summed E-state index contributed by atoms with van der Waals surface area (Å²) in [7, 11) is 0. The number of hydrogen-bond donors (Lipinski definition) is 2. The van der Waals surface area contributed by atoms with Gasteiger partial charge in [0.25, 0.3) is 0 Å². The second-order valence-corrected chi connectivity index (χ2v) is 5.31. The number of hydrogen-bond acceptors (Lipinski definition) is 4. The molecular weight excluding hydrogens is 304 g/mol. The zero-order valence-electron chi connectivity index (χ0n) is 13.5. The summed E-state index contributed by atoms with van der Waals surface area (Å²) in [6, 6.07) is 14.7. The van der Waals surface area contributed by atoms with Gasteiger partial charge >= 0.3 is 6.03 Å². The lowest BCUT2D eigenvalue weighted by atomic mass is 10.1. The fraction of sp³-hybridized carbons (Fsp3) is 0.167. The lowest BCUT2D eigenvalue weighted by Gasteiger charge is -2.11. The number of aryl methyl sites for hydroxylation is 2. The molecule has 0 saturated carbocycles. The van der Waals surface area contributed by atoms with Crippen molar-refractivity contribution in [1.29, 1.82) is 0 Å². The SMILES string of the molecule is CCc1ccccc1NC(=O)Nc1cccc(-c2noc(C)n2)c1. The third-order valence-corrected chi connectivity index (χ3v) is 3.55. The molecule has 0 saturated heterocycles. The molecule has 0 aliphatic carbocycles. The highest BCUT2D eigenvalue weighted by Gasteiger charge is 2.09. The largest absolute Gasteiger partial charge is 0.339 e. The number of nitrogens with zero attached hydrogens (tertiary/aromatic N) is 2. The van der Waals surface area contributed by atoms with Crippen LogP contribution in [-0.4, -0.2) is 16.2 Å². The number of urea groups is 1. The number of anilines is 2. The van der Waals surface area contributed by atoms with Gasteiger partial charge in [-0.15, -0.1) is 0 Å². The number of benzene rings is 2. The summed E-state index contributed by atoms with van der Waals surface area (Å²) in [5, 5.41) is 9.58. The second kappa shape index (κ2) is 6.95. The van der Waals surface area contributed by atoms with Gasteiger partial charge in [-0.1, -0.05) is 42.4 Å². The highest BCUT2D eigenvalue weighted by Crippen LogP contribution is 2.21. The van der Waals surface area contributed by atoms with Crippen LogP contribution in [0.3, 0.4) is 0 Å². The standard InChI is InChI=1S/C18H18N4O2/c1-3-13-7-4-5-10-16(13)21-18(23)20-15-9-6-8-14(11-15)17-19-12(2)24-22-17/h4-11H,3H2,1-2H3,(H2,20,21,23). The zero-order chi connectivity index (χ0) is 16.9. The van der Waals surface area contributed by atoms with Gasteiger partial charge in [-0.25, -0.2) is 4.79 Å². The summed E-state index contributed by atoms with van der Waals surface area (Å²) in [6.45, 7) is 3.78. The Morgan fingerprint density at radius 3 is 2.71 bits per heavy atom. The molecule has 0 atom stereocenters. The van der Waals surface area contributed by atoms with E-state index in [0.717, 1.165) is 23.2 Å². The minimum absolute atomic E-state index is 0.294. The molecule has 1 heterocycles. The Morgan fingerprint density at radius 1 is 1.12 bits per heavy atom. The predicted molar refractivity (Wildman–Crippen MR) is 92.9 cm³/mol. The number of amides is 2. The van der Waals surface area contributed by atoms with Gasteiger partial charge in [0.2, 0.25) is 11.7 Å². The smallest absolute Gasteiger partial charge is 0.323 e. The minimum Gasteiger partial charge on any atom is -0.339 e. The first-order valence-electron chi connectivity index (χ1n) is 7.72. The number of nitrogens with one attached hydrogen (secondary N) is 2. The summed E-state index contributed by atoms with van der Waals surface area (Å²) in [4.78, 5) is 16.4. The fourth-order valence-corrected chi connectivity index (χ4v) is 2.39. The molecule has 2 aromatic carbocycles. The van der Waals surface area contributed by atoms with E-state index in [1.807, 2.05) is 42.5 Å². The summed E-state index contributed by atoms with van der Waals surface area (Å²) >= 11 is 0. The highest BCUT2D eigenvalue weighted by molar-refractivity contribution is 6.00. The molecule has 0 bridgehead atoms. The van der Waals surface area contributed by atoms with Crippen LogP contribution in [-0.2, 0) is 6.42 Å². The van der Waals surface area contributed by atoms with Crippen LogP contribution < -0.4 is 10.6 Å². The molecule has 0 unspecified atom stereocenters. The van der Waals surface area contributed by atoms with Gasteiger partial charge < -0.3 is 15.2 Å². The van der Waals surface area contributed by atoms with Gasteiger partial charge in [0.15, 0.2) is 0 Å². The molecule has 1 aromatic heterocycles. The van der Waals surface area contributed by atoms with Crippen LogP contribution in [0, 0.1) is 6.92 Å². The Kier molecular flexibility index (Phi) is 4.56.